The second-order valence-corrected chi connectivity index (χ2v) is 6.64. The molecular weight excluding hydrogens is 350 g/mol. The minimum atomic E-state index is 0.357. The van der Waals surface area contributed by atoms with Crippen molar-refractivity contribution in [1.29, 1.82) is 0 Å². The third kappa shape index (κ3) is 3.98. The highest BCUT2D eigenvalue weighted by Crippen LogP contribution is 2.21. The standard InChI is InChI=1S/C21H21N7/c1-13-8-17(9-14(2)26-13)27-19-12-24-20(22)21(28-19)25-11-15-5-6-18-16(10-15)4-3-7-23-18/h3-10,12H,11H2,1-2H3,(H2,22,24)(H2,25,26,27,28). The number of rotatable bonds is 5. The molecular formula is C21H21N7. The first-order chi connectivity index (χ1) is 13.6. The van der Waals surface area contributed by atoms with Crippen LogP contribution in [0.3, 0.4) is 0 Å². The van der Waals surface area contributed by atoms with Crippen LogP contribution in [0.25, 0.3) is 10.9 Å². The third-order valence-corrected chi connectivity index (χ3v) is 4.28. The molecule has 4 N–H and O–H groups in total. The number of benzene rings is 1. The van der Waals surface area contributed by atoms with Crippen LogP contribution in [0, 0.1) is 13.8 Å². The van der Waals surface area contributed by atoms with Gasteiger partial charge >= 0.3 is 0 Å². The summed E-state index contributed by atoms with van der Waals surface area (Å²) in [5.41, 5.74) is 10.9. The zero-order valence-corrected chi connectivity index (χ0v) is 15.8. The average molecular weight is 371 g/mol. The molecule has 4 aromatic rings. The smallest absolute Gasteiger partial charge is 0.171 e. The van der Waals surface area contributed by atoms with Crippen molar-refractivity contribution in [2.45, 2.75) is 20.4 Å². The van der Waals surface area contributed by atoms with Gasteiger partial charge in [0.15, 0.2) is 17.5 Å². The number of aryl methyl sites for hydroxylation is 2. The fourth-order valence-electron chi connectivity index (χ4n) is 3.06. The number of nitrogens with zero attached hydrogens (tertiary/aromatic N) is 4. The van der Waals surface area contributed by atoms with Gasteiger partial charge in [-0.1, -0.05) is 12.1 Å². The van der Waals surface area contributed by atoms with Crippen molar-refractivity contribution in [2.24, 2.45) is 0 Å². The van der Waals surface area contributed by atoms with E-state index < -0.39 is 0 Å². The van der Waals surface area contributed by atoms with E-state index in [1.54, 1.807) is 12.4 Å². The van der Waals surface area contributed by atoms with Crippen molar-refractivity contribution in [3.63, 3.8) is 0 Å². The largest absolute Gasteiger partial charge is 0.381 e. The highest BCUT2D eigenvalue weighted by molar-refractivity contribution is 5.79. The number of nitrogens with one attached hydrogen (secondary N) is 2. The Labute approximate surface area is 163 Å². The molecule has 7 nitrogen and oxygen atoms in total. The molecule has 1 aromatic carbocycles. The van der Waals surface area contributed by atoms with E-state index in [9.17, 15) is 0 Å². The summed E-state index contributed by atoms with van der Waals surface area (Å²) in [4.78, 5) is 17.5. The molecule has 0 fully saturated rings. The van der Waals surface area contributed by atoms with E-state index in [4.69, 9.17) is 5.73 Å². The van der Waals surface area contributed by atoms with Gasteiger partial charge in [0, 0.05) is 35.2 Å². The summed E-state index contributed by atoms with van der Waals surface area (Å²) in [6, 6.07) is 14.0. The van der Waals surface area contributed by atoms with Crippen molar-refractivity contribution in [1.82, 2.24) is 19.9 Å². The first-order valence-corrected chi connectivity index (χ1v) is 8.99. The zero-order chi connectivity index (χ0) is 19.5. The lowest BCUT2D eigenvalue weighted by Crippen LogP contribution is -2.08. The Bertz CT molecular complexity index is 1120. The molecule has 0 saturated carbocycles. The molecule has 0 aliphatic heterocycles. The summed E-state index contributed by atoms with van der Waals surface area (Å²) in [6.07, 6.45) is 3.41. The van der Waals surface area contributed by atoms with Crippen LogP contribution in [0.1, 0.15) is 17.0 Å². The van der Waals surface area contributed by atoms with Crippen molar-refractivity contribution < 1.29 is 0 Å². The van der Waals surface area contributed by atoms with Gasteiger partial charge in [0.25, 0.3) is 0 Å². The second kappa shape index (κ2) is 7.48. The first kappa shape index (κ1) is 17.7. The Kier molecular flexibility index (Phi) is 4.72. The number of hydrogen-bond acceptors (Lipinski definition) is 7. The Morgan fingerprint density at radius 2 is 1.79 bits per heavy atom. The van der Waals surface area contributed by atoms with E-state index in [1.807, 2.05) is 50.2 Å². The number of anilines is 4. The zero-order valence-electron chi connectivity index (χ0n) is 15.8. The number of nitrogens with two attached hydrogens (primary N) is 1. The summed E-state index contributed by atoms with van der Waals surface area (Å²) < 4.78 is 0. The highest BCUT2D eigenvalue weighted by Gasteiger charge is 2.07. The van der Waals surface area contributed by atoms with E-state index in [0.29, 0.717) is 24.0 Å². The van der Waals surface area contributed by atoms with Gasteiger partial charge in [-0.2, -0.15) is 0 Å². The van der Waals surface area contributed by atoms with E-state index in [-0.39, 0.29) is 0 Å². The summed E-state index contributed by atoms with van der Waals surface area (Å²) in [5, 5.41) is 7.63. The first-order valence-electron chi connectivity index (χ1n) is 8.99. The van der Waals surface area contributed by atoms with Crippen LogP contribution < -0.4 is 16.4 Å². The van der Waals surface area contributed by atoms with Gasteiger partial charge in [0.05, 0.1) is 11.7 Å². The molecule has 0 radical (unpaired) electrons. The van der Waals surface area contributed by atoms with Crippen LogP contribution in [-0.2, 0) is 6.54 Å². The summed E-state index contributed by atoms with van der Waals surface area (Å²) in [5.74, 6) is 1.51. The average Bonchev–Trinajstić information content (AvgIpc) is 2.67. The van der Waals surface area contributed by atoms with Gasteiger partial charge in [-0.05, 0) is 49.7 Å². The molecule has 7 heteroatoms. The normalized spacial score (nSPS) is 10.8. The minimum Gasteiger partial charge on any atom is -0.381 e. The maximum atomic E-state index is 6.00. The molecule has 0 saturated heterocycles. The predicted molar refractivity (Wildman–Crippen MR) is 113 cm³/mol. The molecule has 4 rings (SSSR count). The number of nitrogen functional groups attached to an aromatic ring is 1. The van der Waals surface area contributed by atoms with E-state index in [2.05, 4.69) is 36.6 Å². The fraction of sp³-hybridized carbons (Fsp3) is 0.143. The van der Waals surface area contributed by atoms with Gasteiger partial charge in [-0.15, -0.1) is 0 Å². The molecule has 0 aliphatic rings. The van der Waals surface area contributed by atoms with Gasteiger partial charge in [0.1, 0.15) is 0 Å². The van der Waals surface area contributed by atoms with Crippen LogP contribution in [-0.4, -0.2) is 19.9 Å². The lowest BCUT2D eigenvalue weighted by atomic mass is 10.1. The third-order valence-electron chi connectivity index (χ3n) is 4.28. The fourth-order valence-corrected chi connectivity index (χ4v) is 3.06. The molecule has 0 aliphatic carbocycles. The van der Waals surface area contributed by atoms with E-state index in [1.165, 1.54) is 0 Å². The molecule has 0 atom stereocenters. The van der Waals surface area contributed by atoms with Crippen LogP contribution in [0.5, 0.6) is 0 Å². The molecule has 0 spiro atoms. The molecule has 0 unspecified atom stereocenters. The van der Waals surface area contributed by atoms with Crippen LogP contribution in [0.15, 0.2) is 54.9 Å². The number of fused-ring (bicyclic) bond motifs is 1. The maximum absolute atomic E-state index is 6.00. The van der Waals surface area contributed by atoms with E-state index in [0.717, 1.165) is 33.5 Å². The van der Waals surface area contributed by atoms with Crippen molar-refractivity contribution in [3.8, 4) is 0 Å². The molecule has 3 heterocycles. The molecule has 0 bridgehead atoms. The molecule has 140 valence electrons. The van der Waals surface area contributed by atoms with Gasteiger partial charge < -0.3 is 16.4 Å². The summed E-state index contributed by atoms with van der Waals surface area (Å²) in [7, 11) is 0. The van der Waals surface area contributed by atoms with Gasteiger partial charge in [0.2, 0.25) is 0 Å². The highest BCUT2D eigenvalue weighted by atomic mass is 15.1. The summed E-state index contributed by atoms with van der Waals surface area (Å²) in [6.45, 7) is 4.50. The van der Waals surface area contributed by atoms with Crippen LogP contribution in [0.4, 0.5) is 23.1 Å². The summed E-state index contributed by atoms with van der Waals surface area (Å²) >= 11 is 0. The Morgan fingerprint density at radius 1 is 0.964 bits per heavy atom. The topological polar surface area (TPSA) is 102 Å². The van der Waals surface area contributed by atoms with Crippen LogP contribution in [0.2, 0.25) is 0 Å². The van der Waals surface area contributed by atoms with Crippen molar-refractivity contribution in [2.75, 3.05) is 16.4 Å². The lowest BCUT2D eigenvalue weighted by molar-refractivity contribution is 1.09. The molecule has 28 heavy (non-hydrogen) atoms. The number of aromatic nitrogens is 4. The quantitative estimate of drug-likeness (QED) is 0.488. The van der Waals surface area contributed by atoms with Crippen LogP contribution >= 0.6 is 0 Å². The van der Waals surface area contributed by atoms with E-state index >= 15 is 0 Å². The number of hydrogen-bond donors (Lipinski definition) is 3. The number of pyridine rings is 2. The SMILES string of the molecule is Cc1cc(Nc2cnc(N)c(NCc3ccc4ncccc4c3)n2)cc(C)n1. The predicted octanol–water partition coefficient (Wildman–Crippen LogP) is 3.97. The molecule has 0 amide bonds. The molecule has 3 aromatic heterocycles. The van der Waals surface area contributed by atoms with Crippen molar-refractivity contribution >= 4 is 34.0 Å². The Balaban J connectivity index is 1.51. The van der Waals surface area contributed by atoms with Gasteiger partial charge in [-0.25, -0.2) is 9.97 Å². The Hall–Kier alpha value is -3.74. The van der Waals surface area contributed by atoms with Gasteiger partial charge in [-0.3, -0.25) is 9.97 Å². The monoisotopic (exact) mass is 371 g/mol. The van der Waals surface area contributed by atoms with Crippen molar-refractivity contribution in [3.05, 3.63) is 71.8 Å². The lowest BCUT2D eigenvalue weighted by Gasteiger charge is -2.12. The maximum Gasteiger partial charge on any atom is 0.171 e. The minimum absolute atomic E-state index is 0.357. The Morgan fingerprint density at radius 3 is 2.61 bits per heavy atom. The second-order valence-electron chi connectivity index (χ2n) is 6.64.